The minimum atomic E-state index is -3.63. The summed E-state index contributed by atoms with van der Waals surface area (Å²) in [4.78, 5) is 0.231. The van der Waals surface area contributed by atoms with Crippen molar-refractivity contribution in [3.05, 3.63) is 72.3 Å². The van der Waals surface area contributed by atoms with Crippen molar-refractivity contribution in [3.63, 3.8) is 0 Å². The molecule has 0 spiro atoms. The molecule has 0 radical (unpaired) electrons. The molecular formula is C16H17N5O2S. The second kappa shape index (κ2) is 6.71. The van der Waals surface area contributed by atoms with Crippen LogP contribution < -0.4 is 10.1 Å². The number of aryl methyl sites for hydroxylation is 1. The minimum absolute atomic E-state index is 0.231. The van der Waals surface area contributed by atoms with Crippen LogP contribution in [0.1, 0.15) is 11.1 Å². The van der Waals surface area contributed by atoms with Gasteiger partial charge in [0, 0.05) is 0 Å². The van der Waals surface area contributed by atoms with Crippen LogP contribution in [0.25, 0.3) is 0 Å². The number of rotatable bonds is 6. The maximum atomic E-state index is 12.5. The van der Waals surface area contributed by atoms with E-state index in [1.807, 2.05) is 19.1 Å². The second-order valence-corrected chi connectivity index (χ2v) is 6.96. The van der Waals surface area contributed by atoms with Crippen LogP contribution in [-0.2, 0) is 16.6 Å². The number of benzene rings is 2. The Morgan fingerprint density at radius 3 is 2.38 bits per heavy atom. The Morgan fingerprint density at radius 1 is 1.00 bits per heavy atom. The molecule has 2 aromatic carbocycles. The van der Waals surface area contributed by atoms with E-state index in [2.05, 4.69) is 20.3 Å². The highest BCUT2D eigenvalue weighted by atomic mass is 32.2. The summed E-state index contributed by atoms with van der Waals surface area (Å²) < 4.78 is 29.3. The average Bonchev–Trinajstić information content (AvgIpc) is 3.07. The fraction of sp³-hybridized carbons (Fsp3) is 0.125. The van der Waals surface area contributed by atoms with Gasteiger partial charge in [-0.2, -0.15) is 0 Å². The minimum Gasteiger partial charge on any atom is -0.319 e. The molecule has 124 valence electrons. The average molecular weight is 343 g/mol. The first-order chi connectivity index (χ1) is 11.5. The van der Waals surface area contributed by atoms with Crippen LogP contribution in [0.2, 0.25) is 0 Å². The molecule has 0 amide bonds. The molecule has 0 aliphatic carbocycles. The summed E-state index contributed by atoms with van der Waals surface area (Å²) in [6.45, 7) is 2.33. The zero-order valence-electron chi connectivity index (χ0n) is 13.0. The number of para-hydroxylation sites is 1. The molecule has 0 aliphatic heterocycles. The van der Waals surface area contributed by atoms with Crippen LogP contribution in [0.15, 0.2) is 66.1 Å². The van der Waals surface area contributed by atoms with Gasteiger partial charge in [-0.15, -0.1) is 10.2 Å². The Bertz CT molecular complexity index is 906. The first-order valence-corrected chi connectivity index (χ1v) is 8.79. The van der Waals surface area contributed by atoms with Gasteiger partial charge in [-0.1, -0.05) is 35.9 Å². The van der Waals surface area contributed by atoms with Crippen molar-refractivity contribution in [3.8, 4) is 0 Å². The zero-order chi connectivity index (χ0) is 17.0. The van der Waals surface area contributed by atoms with Crippen molar-refractivity contribution in [1.82, 2.24) is 14.9 Å². The number of nitrogens with one attached hydrogen (secondary N) is 2. The van der Waals surface area contributed by atoms with E-state index in [0.29, 0.717) is 12.2 Å². The molecule has 2 N–H and O–H groups in total. The van der Waals surface area contributed by atoms with Crippen molar-refractivity contribution >= 4 is 15.7 Å². The summed E-state index contributed by atoms with van der Waals surface area (Å²) in [5, 5.41) is 7.40. The van der Waals surface area contributed by atoms with E-state index in [9.17, 15) is 8.42 Å². The quantitative estimate of drug-likeness (QED) is 0.716. The van der Waals surface area contributed by atoms with Gasteiger partial charge >= 0.3 is 0 Å². The molecule has 1 heterocycles. The summed E-state index contributed by atoms with van der Waals surface area (Å²) in [6, 6.07) is 14.0. The van der Waals surface area contributed by atoms with Crippen molar-refractivity contribution in [2.45, 2.75) is 18.4 Å². The van der Waals surface area contributed by atoms with E-state index < -0.39 is 10.0 Å². The van der Waals surface area contributed by atoms with Gasteiger partial charge in [-0.25, -0.2) is 13.1 Å². The predicted octanol–water partition coefficient (Wildman–Crippen LogP) is 2.13. The third kappa shape index (κ3) is 3.72. The first kappa shape index (κ1) is 16.0. The Balaban J connectivity index is 1.80. The summed E-state index contributed by atoms with van der Waals surface area (Å²) in [5.41, 5.74) is 5.41. The van der Waals surface area contributed by atoms with Gasteiger partial charge in [0.05, 0.1) is 17.1 Å². The maximum Gasteiger partial charge on any atom is 0.261 e. The van der Waals surface area contributed by atoms with Gasteiger partial charge in [-0.3, -0.25) is 4.72 Å². The van der Waals surface area contributed by atoms with Crippen LogP contribution in [0.5, 0.6) is 0 Å². The number of aromatic nitrogens is 3. The molecule has 0 saturated carbocycles. The molecular weight excluding hydrogens is 326 g/mol. The van der Waals surface area contributed by atoms with Crippen LogP contribution >= 0.6 is 0 Å². The zero-order valence-corrected chi connectivity index (χ0v) is 13.9. The Morgan fingerprint density at radius 2 is 1.67 bits per heavy atom. The van der Waals surface area contributed by atoms with E-state index in [4.69, 9.17) is 0 Å². The van der Waals surface area contributed by atoms with Gasteiger partial charge in [0.25, 0.3) is 10.0 Å². The summed E-state index contributed by atoms with van der Waals surface area (Å²) >= 11 is 0. The second-order valence-electron chi connectivity index (χ2n) is 5.28. The molecule has 8 heteroatoms. The highest BCUT2D eigenvalue weighted by Crippen LogP contribution is 2.20. The maximum absolute atomic E-state index is 12.5. The lowest BCUT2D eigenvalue weighted by molar-refractivity contribution is 0.601. The third-order valence-electron chi connectivity index (χ3n) is 3.46. The lowest BCUT2D eigenvalue weighted by atomic mass is 10.2. The van der Waals surface area contributed by atoms with E-state index in [0.717, 1.165) is 11.1 Å². The van der Waals surface area contributed by atoms with Crippen molar-refractivity contribution in [1.29, 1.82) is 0 Å². The van der Waals surface area contributed by atoms with Crippen molar-refractivity contribution in [2.75, 3.05) is 10.1 Å². The lowest BCUT2D eigenvalue weighted by Crippen LogP contribution is -2.17. The molecule has 0 fully saturated rings. The third-order valence-corrected chi connectivity index (χ3v) is 4.85. The van der Waals surface area contributed by atoms with Gasteiger partial charge in [-0.05, 0) is 30.7 Å². The predicted molar refractivity (Wildman–Crippen MR) is 91.5 cm³/mol. The summed E-state index contributed by atoms with van der Waals surface area (Å²) in [6.07, 6.45) is 3.05. The van der Waals surface area contributed by atoms with Crippen molar-refractivity contribution in [2.24, 2.45) is 0 Å². The smallest absolute Gasteiger partial charge is 0.261 e. The fourth-order valence-electron chi connectivity index (χ4n) is 2.15. The topological polar surface area (TPSA) is 88.9 Å². The molecule has 7 nitrogen and oxygen atoms in total. The van der Waals surface area contributed by atoms with Crippen molar-refractivity contribution < 1.29 is 8.42 Å². The first-order valence-electron chi connectivity index (χ1n) is 7.30. The Labute approximate surface area is 140 Å². The summed E-state index contributed by atoms with van der Waals surface area (Å²) in [7, 11) is -3.63. The van der Waals surface area contributed by atoms with Crippen LogP contribution in [0.3, 0.4) is 0 Å². The Hall–Kier alpha value is -2.87. The van der Waals surface area contributed by atoms with Crippen LogP contribution in [-0.4, -0.2) is 23.3 Å². The van der Waals surface area contributed by atoms with Crippen LogP contribution in [0, 0.1) is 6.92 Å². The molecule has 0 bridgehead atoms. The van der Waals surface area contributed by atoms with E-state index in [1.165, 1.54) is 12.7 Å². The monoisotopic (exact) mass is 343 g/mol. The molecule has 0 saturated heterocycles. The van der Waals surface area contributed by atoms with Crippen LogP contribution in [0.4, 0.5) is 5.69 Å². The van der Waals surface area contributed by atoms with Gasteiger partial charge in [0.1, 0.15) is 12.7 Å². The fourth-order valence-corrected chi connectivity index (χ4v) is 3.25. The molecule has 1 aromatic heterocycles. The van der Waals surface area contributed by atoms with Gasteiger partial charge < -0.3 is 5.43 Å². The number of sulfonamides is 1. The van der Waals surface area contributed by atoms with E-state index in [1.54, 1.807) is 41.1 Å². The number of hydrogen-bond acceptors (Lipinski definition) is 5. The van der Waals surface area contributed by atoms with E-state index in [-0.39, 0.29) is 4.90 Å². The molecule has 0 atom stereocenters. The molecule has 0 aliphatic rings. The molecule has 24 heavy (non-hydrogen) atoms. The number of anilines is 1. The normalized spacial score (nSPS) is 11.2. The molecule has 3 rings (SSSR count). The molecule has 3 aromatic rings. The summed E-state index contributed by atoms with van der Waals surface area (Å²) in [5.74, 6) is 0. The number of nitrogens with zero attached hydrogens (tertiary/aromatic N) is 3. The molecule has 0 unspecified atom stereocenters. The largest absolute Gasteiger partial charge is 0.319 e. The number of hydrogen-bond donors (Lipinski definition) is 2. The van der Waals surface area contributed by atoms with Gasteiger partial charge in [0.2, 0.25) is 0 Å². The standard InChI is InChI=1S/C16H17N5O2S/c1-13-6-8-15(9-7-13)24(22,23)20-16-5-3-2-4-14(16)10-19-21-11-17-18-12-21/h2-9,11-12,19-20H,10H2,1H3. The highest BCUT2D eigenvalue weighted by molar-refractivity contribution is 7.92. The Kier molecular flexibility index (Phi) is 4.48. The lowest BCUT2D eigenvalue weighted by Gasteiger charge is -2.14. The van der Waals surface area contributed by atoms with E-state index >= 15 is 0 Å². The SMILES string of the molecule is Cc1ccc(S(=O)(=O)Nc2ccccc2CNn2cnnc2)cc1. The van der Waals surface area contributed by atoms with Gasteiger partial charge in [0.15, 0.2) is 0 Å². The highest BCUT2D eigenvalue weighted by Gasteiger charge is 2.15.